The first kappa shape index (κ1) is 14.1. The molecule has 0 aromatic heterocycles. The number of aliphatic carboxylic acids is 1. The molecule has 5 heteroatoms. The number of carboxylic acid groups (broad SMARTS) is 1. The second-order valence-corrected chi connectivity index (χ2v) is 4.55. The summed E-state index contributed by atoms with van der Waals surface area (Å²) in [7, 11) is 0. The van der Waals surface area contributed by atoms with E-state index in [0.717, 1.165) is 11.1 Å². The van der Waals surface area contributed by atoms with Gasteiger partial charge in [-0.25, -0.2) is 0 Å². The highest BCUT2D eigenvalue weighted by molar-refractivity contribution is 6.37. The van der Waals surface area contributed by atoms with Crippen LogP contribution in [0.25, 0.3) is 0 Å². The number of hydrogen-bond acceptors (Lipinski definition) is 2. The van der Waals surface area contributed by atoms with E-state index in [9.17, 15) is 4.79 Å². The molecule has 0 amide bonds. The van der Waals surface area contributed by atoms with Gasteiger partial charge in [0.15, 0.2) is 0 Å². The zero-order valence-electron chi connectivity index (χ0n) is 9.72. The van der Waals surface area contributed by atoms with Crippen LogP contribution in [-0.4, -0.2) is 17.7 Å². The largest absolute Gasteiger partial charge is 0.492 e. The van der Waals surface area contributed by atoms with Gasteiger partial charge in [0, 0.05) is 11.4 Å². The van der Waals surface area contributed by atoms with Gasteiger partial charge in [0.25, 0.3) is 0 Å². The Hall–Kier alpha value is -0.930. The SMILES string of the molecule is Cc1cc(OCCCC(=O)O)c(Cl)c(C)c1Cl. The van der Waals surface area contributed by atoms with Crippen LogP contribution in [0.3, 0.4) is 0 Å². The van der Waals surface area contributed by atoms with Crippen LogP contribution in [0.15, 0.2) is 6.07 Å². The number of carbonyl (C=O) groups is 1. The number of carboxylic acids is 1. The summed E-state index contributed by atoms with van der Waals surface area (Å²) in [4.78, 5) is 10.3. The Labute approximate surface area is 110 Å². The Morgan fingerprint density at radius 3 is 2.59 bits per heavy atom. The molecule has 0 heterocycles. The van der Waals surface area contributed by atoms with Crippen molar-refractivity contribution in [1.29, 1.82) is 0 Å². The molecule has 1 N–H and O–H groups in total. The van der Waals surface area contributed by atoms with Crippen molar-refractivity contribution in [3.8, 4) is 5.75 Å². The molecule has 0 spiro atoms. The maximum atomic E-state index is 10.3. The third-order valence-corrected chi connectivity index (χ3v) is 3.41. The van der Waals surface area contributed by atoms with E-state index in [1.807, 2.05) is 13.8 Å². The fourth-order valence-electron chi connectivity index (χ4n) is 1.41. The Morgan fingerprint density at radius 2 is 2.00 bits per heavy atom. The maximum absolute atomic E-state index is 10.3. The van der Waals surface area contributed by atoms with Crippen LogP contribution in [0.4, 0.5) is 0 Å². The van der Waals surface area contributed by atoms with Crippen molar-refractivity contribution in [2.75, 3.05) is 6.61 Å². The standard InChI is InChI=1S/C12H14Cl2O3/c1-7-6-9(12(14)8(2)11(7)13)17-5-3-4-10(15)16/h6H,3-5H2,1-2H3,(H,15,16). The Bertz CT molecular complexity index is 430. The van der Waals surface area contributed by atoms with Crippen LogP contribution in [0.5, 0.6) is 5.75 Å². The first-order valence-corrected chi connectivity index (χ1v) is 5.99. The van der Waals surface area contributed by atoms with E-state index in [4.69, 9.17) is 33.0 Å². The van der Waals surface area contributed by atoms with Crippen molar-refractivity contribution in [1.82, 2.24) is 0 Å². The lowest BCUT2D eigenvalue weighted by molar-refractivity contribution is -0.137. The van der Waals surface area contributed by atoms with E-state index in [0.29, 0.717) is 28.8 Å². The molecule has 0 saturated carbocycles. The molecule has 17 heavy (non-hydrogen) atoms. The molecule has 0 aliphatic heterocycles. The summed E-state index contributed by atoms with van der Waals surface area (Å²) in [5.41, 5.74) is 1.67. The third-order valence-electron chi connectivity index (χ3n) is 2.36. The van der Waals surface area contributed by atoms with Crippen LogP contribution in [0.2, 0.25) is 10.0 Å². The minimum Gasteiger partial charge on any atom is -0.492 e. The molecule has 0 aliphatic rings. The van der Waals surface area contributed by atoms with Crippen molar-refractivity contribution in [3.05, 3.63) is 27.2 Å². The average molecular weight is 277 g/mol. The van der Waals surface area contributed by atoms with Crippen molar-refractivity contribution < 1.29 is 14.6 Å². The molecule has 1 aromatic carbocycles. The quantitative estimate of drug-likeness (QED) is 0.831. The second-order valence-electron chi connectivity index (χ2n) is 3.79. The Kier molecular flexibility index (Phi) is 5.09. The fraction of sp³-hybridized carbons (Fsp3) is 0.417. The maximum Gasteiger partial charge on any atom is 0.303 e. The first-order chi connectivity index (χ1) is 7.93. The first-order valence-electron chi connectivity index (χ1n) is 5.23. The normalized spacial score (nSPS) is 10.4. The molecule has 1 aromatic rings. The smallest absolute Gasteiger partial charge is 0.303 e. The van der Waals surface area contributed by atoms with Crippen LogP contribution in [0, 0.1) is 13.8 Å². The Morgan fingerprint density at radius 1 is 1.35 bits per heavy atom. The number of benzene rings is 1. The van der Waals surface area contributed by atoms with E-state index in [2.05, 4.69) is 0 Å². The van der Waals surface area contributed by atoms with Crippen molar-refractivity contribution in [3.63, 3.8) is 0 Å². The van der Waals surface area contributed by atoms with Gasteiger partial charge in [-0.05, 0) is 37.5 Å². The highest BCUT2D eigenvalue weighted by Gasteiger charge is 2.11. The summed E-state index contributed by atoms with van der Waals surface area (Å²) in [5, 5.41) is 9.61. The number of aryl methyl sites for hydroxylation is 1. The number of hydrogen-bond donors (Lipinski definition) is 1. The van der Waals surface area contributed by atoms with E-state index >= 15 is 0 Å². The van der Waals surface area contributed by atoms with Crippen LogP contribution >= 0.6 is 23.2 Å². The van der Waals surface area contributed by atoms with Gasteiger partial charge >= 0.3 is 5.97 Å². The van der Waals surface area contributed by atoms with Gasteiger partial charge in [-0.15, -0.1) is 0 Å². The van der Waals surface area contributed by atoms with Gasteiger partial charge in [0.2, 0.25) is 0 Å². The monoisotopic (exact) mass is 276 g/mol. The van der Waals surface area contributed by atoms with Gasteiger partial charge < -0.3 is 9.84 Å². The molecule has 0 saturated heterocycles. The highest BCUT2D eigenvalue weighted by atomic mass is 35.5. The van der Waals surface area contributed by atoms with Crippen molar-refractivity contribution in [2.45, 2.75) is 26.7 Å². The van der Waals surface area contributed by atoms with Gasteiger partial charge in [0.05, 0.1) is 11.6 Å². The van der Waals surface area contributed by atoms with Crippen LogP contribution in [-0.2, 0) is 4.79 Å². The number of rotatable bonds is 5. The lowest BCUT2D eigenvalue weighted by Crippen LogP contribution is -2.03. The van der Waals surface area contributed by atoms with Crippen LogP contribution in [0.1, 0.15) is 24.0 Å². The molecule has 0 unspecified atom stereocenters. The summed E-state index contributed by atoms with van der Waals surface area (Å²) in [6.45, 7) is 4.02. The van der Waals surface area contributed by atoms with E-state index in [-0.39, 0.29) is 6.42 Å². The predicted molar refractivity (Wildman–Crippen MR) is 68.3 cm³/mol. The van der Waals surface area contributed by atoms with E-state index in [1.165, 1.54) is 0 Å². The highest BCUT2D eigenvalue weighted by Crippen LogP contribution is 2.35. The second kappa shape index (κ2) is 6.12. The zero-order valence-corrected chi connectivity index (χ0v) is 11.2. The lowest BCUT2D eigenvalue weighted by Gasteiger charge is -2.12. The number of ether oxygens (including phenoxy) is 1. The Balaban J connectivity index is 2.69. The third kappa shape index (κ3) is 3.79. The minimum absolute atomic E-state index is 0.0865. The molecule has 0 aliphatic carbocycles. The fourth-order valence-corrected chi connectivity index (χ4v) is 1.81. The minimum atomic E-state index is -0.830. The molecule has 94 valence electrons. The summed E-state index contributed by atoms with van der Waals surface area (Å²) >= 11 is 12.1. The van der Waals surface area contributed by atoms with E-state index < -0.39 is 5.97 Å². The predicted octanol–water partition coefficient (Wildman–Crippen LogP) is 3.85. The molecule has 0 atom stereocenters. The van der Waals surface area contributed by atoms with Crippen molar-refractivity contribution in [2.24, 2.45) is 0 Å². The van der Waals surface area contributed by atoms with E-state index in [1.54, 1.807) is 6.07 Å². The van der Waals surface area contributed by atoms with Gasteiger partial charge in [-0.3, -0.25) is 4.79 Å². The molecular formula is C12H14Cl2O3. The lowest BCUT2D eigenvalue weighted by atomic mass is 10.1. The molecular weight excluding hydrogens is 263 g/mol. The summed E-state index contributed by atoms with van der Waals surface area (Å²) in [6.07, 6.45) is 0.537. The molecule has 1 rings (SSSR count). The summed E-state index contributed by atoms with van der Waals surface area (Å²) in [6, 6.07) is 1.76. The van der Waals surface area contributed by atoms with Crippen molar-refractivity contribution >= 4 is 29.2 Å². The topological polar surface area (TPSA) is 46.5 Å². The average Bonchev–Trinajstić information content (AvgIpc) is 2.27. The van der Waals surface area contributed by atoms with Gasteiger partial charge in [-0.1, -0.05) is 23.2 Å². The molecule has 3 nitrogen and oxygen atoms in total. The molecule has 0 bridgehead atoms. The summed E-state index contributed by atoms with van der Waals surface area (Å²) in [5.74, 6) is -0.278. The van der Waals surface area contributed by atoms with Crippen LogP contribution < -0.4 is 4.74 Å². The molecule has 0 fully saturated rings. The van der Waals surface area contributed by atoms with Gasteiger partial charge in [-0.2, -0.15) is 0 Å². The molecule has 0 radical (unpaired) electrons. The summed E-state index contributed by atoms with van der Waals surface area (Å²) < 4.78 is 5.45. The van der Waals surface area contributed by atoms with Gasteiger partial charge in [0.1, 0.15) is 5.75 Å². The number of halogens is 2. The zero-order chi connectivity index (χ0) is 13.0.